The number of rotatable bonds is 16. The summed E-state index contributed by atoms with van der Waals surface area (Å²) < 4.78 is 45.8. The van der Waals surface area contributed by atoms with Crippen LogP contribution < -0.4 is 24.7 Å². The molecular weight excluding hydrogens is 734 g/mol. The molecule has 8 bridgehead atoms. The molecule has 1 aliphatic carbocycles. The molecule has 0 aliphatic heterocycles. The molecular formula is C44H49NO12. The van der Waals surface area contributed by atoms with Gasteiger partial charge in [0, 0.05) is 42.5 Å². The number of fused-ring (bicyclic) bond motifs is 8. The molecule has 5 rings (SSSR count). The van der Waals surface area contributed by atoms with Crippen LogP contribution >= 0.6 is 0 Å². The highest BCUT2D eigenvalue weighted by Crippen LogP contribution is 2.39. The summed E-state index contributed by atoms with van der Waals surface area (Å²) in [5.41, 5.74) is 12.6. The average Bonchev–Trinajstić information content (AvgIpc) is 3.17. The van der Waals surface area contributed by atoms with E-state index in [0.29, 0.717) is 50.9 Å². The van der Waals surface area contributed by atoms with Gasteiger partial charge < -0.3 is 43.6 Å². The molecule has 0 radical (unpaired) electrons. The first-order valence-corrected chi connectivity index (χ1v) is 19.0. The van der Waals surface area contributed by atoms with Crippen molar-refractivity contribution in [3.63, 3.8) is 0 Å². The minimum Gasteiger partial charge on any atom is -0.481 e. The number of anilines is 1. The Kier molecular flexibility index (Phi) is 15.2. The van der Waals surface area contributed by atoms with Crippen molar-refractivity contribution >= 4 is 29.6 Å². The van der Waals surface area contributed by atoms with Crippen LogP contribution in [0, 0.1) is 0 Å². The summed E-state index contributed by atoms with van der Waals surface area (Å²) in [5, 5.41) is 0. The zero-order valence-electron chi connectivity index (χ0n) is 32.8. The molecule has 0 fully saturated rings. The van der Waals surface area contributed by atoms with Gasteiger partial charge in [-0.2, -0.15) is 0 Å². The molecule has 0 spiro atoms. The summed E-state index contributed by atoms with van der Waals surface area (Å²) >= 11 is 0. The lowest BCUT2D eigenvalue weighted by Gasteiger charge is -2.22. The maximum absolute atomic E-state index is 12.6. The smallest absolute Gasteiger partial charge is 0.344 e. The van der Waals surface area contributed by atoms with Crippen LogP contribution in [0.2, 0.25) is 0 Å². The minimum absolute atomic E-state index is 0.184. The Labute approximate surface area is 332 Å². The molecule has 2 N–H and O–H groups in total. The van der Waals surface area contributed by atoms with Crippen molar-refractivity contribution < 1.29 is 57.1 Å². The van der Waals surface area contributed by atoms with Crippen LogP contribution in [-0.2, 0) is 63.8 Å². The molecule has 0 heterocycles. The molecule has 1 aliphatic rings. The van der Waals surface area contributed by atoms with Gasteiger partial charge in [0.15, 0.2) is 26.4 Å². The molecule has 0 saturated heterocycles. The van der Waals surface area contributed by atoms with Gasteiger partial charge in [-0.3, -0.25) is 0 Å². The number of esters is 4. The van der Waals surface area contributed by atoms with Crippen molar-refractivity contribution in [1.29, 1.82) is 0 Å². The Morgan fingerprint density at radius 1 is 0.421 bits per heavy atom. The molecule has 0 amide bonds. The summed E-state index contributed by atoms with van der Waals surface area (Å²) in [5.74, 6) is -0.375. The Bertz CT molecular complexity index is 1940. The SMILES string of the molecule is CCOC(=O)COc1c2cccc1Cc1cccc(c1OCC(=O)OCC)Cc1cc(N)cc(c1OCC(=O)OCC)Cc1cccc(c1OCC(=O)OCC)C2. The van der Waals surface area contributed by atoms with Crippen LogP contribution in [0.5, 0.6) is 23.0 Å². The van der Waals surface area contributed by atoms with Crippen molar-refractivity contribution in [2.24, 2.45) is 0 Å². The van der Waals surface area contributed by atoms with Crippen LogP contribution in [0.15, 0.2) is 66.7 Å². The first-order chi connectivity index (χ1) is 27.6. The normalized spacial score (nSPS) is 11.8. The summed E-state index contributed by atoms with van der Waals surface area (Å²) in [7, 11) is 0. The van der Waals surface area contributed by atoms with Gasteiger partial charge in [0.05, 0.1) is 26.4 Å². The number of carbonyl (C=O) groups excluding carboxylic acids is 4. The lowest BCUT2D eigenvalue weighted by molar-refractivity contribution is -0.146. The van der Waals surface area contributed by atoms with E-state index < -0.39 is 23.9 Å². The first-order valence-electron chi connectivity index (χ1n) is 19.0. The maximum Gasteiger partial charge on any atom is 0.344 e. The van der Waals surface area contributed by atoms with E-state index in [9.17, 15) is 19.2 Å². The van der Waals surface area contributed by atoms with Crippen LogP contribution in [0.1, 0.15) is 72.2 Å². The largest absolute Gasteiger partial charge is 0.481 e. The summed E-state index contributed by atoms with van der Waals surface area (Å²) in [6.45, 7) is 6.25. The van der Waals surface area contributed by atoms with Crippen molar-refractivity contribution in [2.45, 2.75) is 53.4 Å². The molecule has 0 unspecified atom stereocenters. The lowest BCUT2D eigenvalue weighted by atomic mass is 9.91. The van der Waals surface area contributed by atoms with E-state index in [-0.39, 0.29) is 78.5 Å². The number of hydrogen-bond acceptors (Lipinski definition) is 13. The van der Waals surface area contributed by atoms with E-state index in [4.69, 9.17) is 43.6 Å². The highest BCUT2D eigenvalue weighted by Gasteiger charge is 2.24. The van der Waals surface area contributed by atoms with E-state index in [2.05, 4.69) is 0 Å². The zero-order chi connectivity index (χ0) is 40.7. The molecule has 0 saturated carbocycles. The topological polar surface area (TPSA) is 168 Å². The van der Waals surface area contributed by atoms with E-state index in [0.717, 1.165) is 22.3 Å². The number of benzene rings is 4. The fraction of sp³-hybridized carbons (Fsp3) is 0.364. The third-order valence-corrected chi connectivity index (χ3v) is 8.88. The molecule has 4 aromatic carbocycles. The Hall–Kier alpha value is -6.24. The second-order valence-corrected chi connectivity index (χ2v) is 13.0. The third-order valence-electron chi connectivity index (χ3n) is 8.88. The van der Waals surface area contributed by atoms with E-state index in [1.165, 1.54) is 0 Å². The highest BCUT2D eigenvalue weighted by atomic mass is 16.6. The fourth-order valence-electron chi connectivity index (χ4n) is 6.69. The molecule has 13 nitrogen and oxygen atoms in total. The van der Waals surface area contributed by atoms with Crippen molar-refractivity contribution in [2.75, 3.05) is 58.6 Å². The lowest BCUT2D eigenvalue weighted by Crippen LogP contribution is -2.18. The van der Waals surface area contributed by atoms with Gasteiger partial charge >= 0.3 is 23.9 Å². The molecule has 0 aromatic heterocycles. The van der Waals surface area contributed by atoms with E-state index in [1.54, 1.807) is 39.8 Å². The van der Waals surface area contributed by atoms with Gasteiger partial charge in [-0.25, -0.2) is 19.2 Å². The van der Waals surface area contributed by atoms with Gasteiger partial charge in [0.25, 0.3) is 0 Å². The highest BCUT2D eigenvalue weighted by molar-refractivity contribution is 5.73. The molecule has 4 aromatic rings. The molecule has 57 heavy (non-hydrogen) atoms. The second-order valence-electron chi connectivity index (χ2n) is 13.0. The minimum atomic E-state index is -0.545. The second kappa shape index (κ2) is 20.6. The van der Waals surface area contributed by atoms with Crippen LogP contribution in [0.25, 0.3) is 0 Å². The summed E-state index contributed by atoms with van der Waals surface area (Å²) in [4.78, 5) is 50.5. The van der Waals surface area contributed by atoms with Gasteiger partial charge in [0.2, 0.25) is 0 Å². The Balaban J connectivity index is 1.74. The Morgan fingerprint density at radius 2 is 0.649 bits per heavy atom. The van der Waals surface area contributed by atoms with Gasteiger partial charge in [-0.15, -0.1) is 0 Å². The van der Waals surface area contributed by atoms with E-state index in [1.807, 2.05) is 54.6 Å². The number of ether oxygens (including phenoxy) is 8. The third kappa shape index (κ3) is 11.4. The summed E-state index contributed by atoms with van der Waals surface area (Å²) in [6.07, 6.45) is 0.999. The molecule has 302 valence electrons. The molecule has 13 heteroatoms. The number of para-hydroxylation sites is 3. The van der Waals surface area contributed by atoms with Crippen LogP contribution in [0.3, 0.4) is 0 Å². The predicted molar refractivity (Wildman–Crippen MR) is 210 cm³/mol. The number of nitrogen functional groups attached to an aromatic ring is 1. The van der Waals surface area contributed by atoms with Gasteiger partial charge in [-0.05, 0) is 73.2 Å². The van der Waals surface area contributed by atoms with Crippen LogP contribution in [0.4, 0.5) is 5.69 Å². The summed E-state index contributed by atoms with van der Waals surface area (Å²) in [6, 6.07) is 20.6. The monoisotopic (exact) mass is 783 g/mol. The van der Waals surface area contributed by atoms with Crippen LogP contribution in [-0.4, -0.2) is 76.7 Å². The number of hydrogen-bond donors (Lipinski definition) is 1. The standard InChI is InChI=1S/C44H49NO12/c1-5-50-37(46)24-54-41-28-12-9-13-29(41)19-31-15-11-17-33(43(31)56-26-39(48)52-7-3)21-35-23-36(45)22-34(44(35)57-27-40(49)53-8-4)20-32-16-10-14-30(18-28)42(32)55-25-38(47)51-6-2/h9-17,22-23H,5-8,18-21,24-27,45H2,1-4H3. The average molecular weight is 784 g/mol. The number of nitrogens with two attached hydrogens (primary N) is 1. The van der Waals surface area contributed by atoms with E-state index >= 15 is 0 Å². The molecule has 0 atom stereocenters. The first kappa shape index (κ1) is 41.9. The van der Waals surface area contributed by atoms with Gasteiger partial charge in [-0.1, -0.05) is 54.6 Å². The fourth-order valence-corrected chi connectivity index (χ4v) is 6.69. The maximum atomic E-state index is 12.6. The van der Waals surface area contributed by atoms with Crippen molar-refractivity contribution in [3.8, 4) is 23.0 Å². The Morgan fingerprint density at radius 3 is 0.895 bits per heavy atom. The quantitative estimate of drug-likeness (QED) is 0.0735. The van der Waals surface area contributed by atoms with Gasteiger partial charge in [0.1, 0.15) is 23.0 Å². The van der Waals surface area contributed by atoms with Crippen molar-refractivity contribution in [3.05, 3.63) is 111 Å². The van der Waals surface area contributed by atoms with Crippen molar-refractivity contribution in [1.82, 2.24) is 0 Å². The number of carbonyl (C=O) groups is 4. The zero-order valence-corrected chi connectivity index (χ0v) is 32.8. The predicted octanol–water partition coefficient (Wildman–Crippen LogP) is 5.71.